The number of carbonyl (C=O) groups excluding carboxylic acids is 2. The first kappa shape index (κ1) is 21.0. The Morgan fingerprint density at radius 2 is 1.42 bits per heavy atom. The minimum Gasteiger partial charge on any atom is -0.493 e. The lowest BCUT2D eigenvalue weighted by atomic mass is 9.97. The first-order chi connectivity index (χ1) is 15.0. The molecule has 0 radical (unpaired) electrons. The number of nitrogens with zero attached hydrogens (tertiary/aromatic N) is 2. The lowest BCUT2D eigenvalue weighted by molar-refractivity contribution is -0.123. The Morgan fingerprint density at radius 3 is 2.06 bits per heavy atom. The fraction of sp³-hybridized carbons (Fsp3) is 0.391. The Labute approximate surface area is 181 Å². The molecule has 2 aliphatic rings. The summed E-state index contributed by atoms with van der Waals surface area (Å²) in [6.07, 6.45) is 0.916. The summed E-state index contributed by atoms with van der Waals surface area (Å²) in [5, 5.41) is 0. The number of anilines is 1. The van der Waals surface area contributed by atoms with E-state index in [9.17, 15) is 9.59 Å². The Kier molecular flexibility index (Phi) is 5.73. The maximum atomic E-state index is 13.3. The van der Waals surface area contributed by atoms with Gasteiger partial charge in [0.15, 0.2) is 23.0 Å². The SMILES string of the molecule is COc1ccc(N2C(=O)C[C@@H](N3CCc4cc(OC)c(OC)cc4C3)C2=O)cc1OC. The highest BCUT2D eigenvalue weighted by Crippen LogP contribution is 2.37. The number of amides is 2. The van der Waals surface area contributed by atoms with Gasteiger partial charge in [-0.3, -0.25) is 14.5 Å². The normalized spacial score (nSPS) is 18.7. The molecule has 2 amide bonds. The highest BCUT2D eigenvalue weighted by Gasteiger charge is 2.43. The van der Waals surface area contributed by atoms with E-state index in [1.54, 1.807) is 39.5 Å². The van der Waals surface area contributed by atoms with Crippen LogP contribution in [0.1, 0.15) is 17.5 Å². The average Bonchev–Trinajstić information content (AvgIpc) is 3.10. The van der Waals surface area contributed by atoms with Crippen molar-refractivity contribution in [3.05, 3.63) is 41.5 Å². The largest absolute Gasteiger partial charge is 0.493 e. The molecule has 164 valence electrons. The van der Waals surface area contributed by atoms with E-state index in [0.717, 1.165) is 12.0 Å². The summed E-state index contributed by atoms with van der Waals surface area (Å²) in [7, 11) is 6.28. The molecule has 0 aliphatic carbocycles. The van der Waals surface area contributed by atoms with Crippen LogP contribution >= 0.6 is 0 Å². The van der Waals surface area contributed by atoms with Crippen molar-refractivity contribution >= 4 is 17.5 Å². The second-order valence-electron chi connectivity index (χ2n) is 7.52. The zero-order chi connectivity index (χ0) is 22.1. The van der Waals surface area contributed by atoms with Crippen LogP contribution in [0.3, 0.4) is 0 Å². The fourth-order valence-electron chi connectivity index (χ4n) is 4.31. The van der Waals surface area contributed by atoms with Crippen molar-refractivity contribution in [2.45, 2.75) is 25.4 Å². The van der Waals surface area contributed by atoms with Gasteiger partial charge in [0.05, 0.1) is 46.6 Å². The van der Waals surface area contributed by atoms with Crippen LogP contribution in [0.25, 0.3) is 0 Å². The van der Waals surface area contributed by atoms with Gasteiger partial charge in [0.1, 0.15) is 0 Å². The second-order valence-corrected chi connectivity index (χ2v) is 7.52. The van der Waals surface area contributed by atoms with E-state index in [0.29, 0.717) is 41.8 Å². The Bertz CT molecular complexity index is 1020. The number of carbonyl (C=O) groups is 2. The molecule has 0 saturated carbocycles. The predicted molar refractivity (Wildman–Crippen MR) is 114 cm³/mol. The molecule has 0 bridgehead atoms. The molecule has 0 unspecified atom stereocenters. The first-order valence-electron chi connectivity index (χ1n) is 10.1. The van der Waals surface area contributed by atoms with Crippen LogP contribution in [0.15, 0.2) is 30.3 Å². The van der Waals surface area contributed by atoms with E-state index in [4.69, 9.17) is 18.9 Å². The molecular weight excluding hydrogens is 400 g/mol. The zero-order valence-electron chi connectivity index (χ0n) is 18.1. The van der Waals surface area contributed by atoms with Crippen LogP contribution in [0, 0.1) is 0 Å². The van der Waals surface area contributed by atoms with Crippen LogP contribution in [-0.2, 0) is 22.6 Å². The van der Waals surface area contributed by atoms with Gasteiger partial charge in [-0.2, -0.15) is 0 Å². The number of rotatable bonds is 6. The van der Waals surface area contributed by atoms with E-state index < -0.39 is 6.04 Å². The van der Waals surface area contributed by atoms with Crippen LogP contribution < -0.4 is 23.8 Å². The minimum atomic E-state index is -0.498. The van der Waals surface area contributed by atoms with E-state index >= 15 is 0 Å². The van der Waals surface area contributed by atoms with Crippen molar-refractivity contribution < 1.29 is 28.5 Å². The van der Waals surface area contributed by atoms with Gasteiger partial charge in [-0.15, -0.1) is 0 Å². The molecule has 4 rings (SSSR count). The minimum absolute atomic E-state index is 0.149. The van der Waals surface area contributed by atoms with Gasteiger partial charge in [0, 0.05) is 19.2 Å². The summed E-state index contributed by atoms with van der Waals surface area (Å²) in [5.74, 6) is 1.92. The molecule has 31 heavy (non-hydrogen) atoms. The summed E-state index contributed by atoms with van der Waals surface area (Å²) < 4.78 is 21.4. The summed E-state index contributed by atoms with van der Waals surface area (Å²) in [5.41, 5.74) is 2.73. The third-order valence-electron chi connectivity index (χ3n) is 5.94. The Hall–Kier alpha value is -3.26. The smallest absolute Gasteiger partial charge is 0.251 e. The molecule has 8 nitrogen and oxygen atoms in total. The molecule has 2 heterocycles. The number of benzene rings is 2. The van der Waals surface area contributed by atoms with Crippen molar-refractivity contribution in [3.63, 3.8) is 0 Å². The predicted octanol–water partition coefficient (Wildman–Crippen LogP) is 2.41. The maximum Gasteiger partial charge on any atom is 0.251 e. The van der Waals surface area contributed by atoms with Gasteiger partial charge < -0.3 is 18.9 Å². The Morgan fingerprint density at radius 1 is 0.806 bits per heavy atom. The van der Waals surface area contributed by atoms with Crippen molar-refractivity contribution in [1.82, 2.24) is 4.90 Å². The molecule has 1 atom stereocenters. The molecule has 0 spiro atoms. The molecule has 8 heteroatoms. The molecular formula is C23H26N2O6. The first-order valence-corrected chi connectivity index (χ1v) is 10.1. The highest BCUT2D eigenvalue weighted by molar-refractivity contribution is 6.22. The van der Waals surface area contributed by atoms with Crippen LogP contribution in [0.4, 0.5) is 5.69 Å². The molecule has 1 saturated heterocycles. The number of hydrogen-bond acceptors (Lipinski definition) is 7. The number of imide groups is 1. The Balaban J connectivity index is 1.57. The number of hydrogen-bond donors (Lipinski definition) is 0. The molecule has 1 fully saturated rings. The van der Waals surface area contributed by atoms with E-state index in [1.807, 2.05) is 12.1 Å². The summed E-state index contributed by atoms with van der Waals surface area (Å²) in [4.78, 5) is 29.4. The lowest BCUT2D eigenvalue weighted by Crippen LogP contribution is -2.44. The van der Waals surface area contributed by atoms with Crippen molar-refractivity contribution in [1.29, 1.82) is 0 Å². The fourth-order valence-corrected chi connectivity index (χ4v) is 4.31. The van der Waals surface area contributed by atoms with Crippen molar-refractivity contribution in [2.75, 3.05) is 39.9 Å². The number of fused-ring (bicyclic) bond motifs is 1. The van der Waals surface area contributed by atoms with E-state index in [-0.39, 0.29) is 18.2 Å². The third-order valence-corrected chi connectivity index (χ3v) is 5.94. The third kappa shape index (κ3) is 3.67. The number of ether oxygens (including phenoxy) is 4. The number of methoxy groups -OCH3 is 4. The van der Waals surface area contributed by atoms with E-state index in [2.05, 4.69) is 4.90 Å². The van der Waals surface area contributed by atoms with Gasteiger partial charge in [-0.1, -0.05) is 0 Å². The highest BCUT2D eigenvalue weighted by atomic mass is 16.5. The lowest BCUT2D eigenvalue weighted by Gasteiger charge is -2.32. The second kappa shape index (κ2) is 8.47. The molecule has 2 aliphatic heterocycles. The zero-order valence-corrected chi connectivity index (χ0v) is 18.1. The van der Waals surface area contributed by atoms with Crippen LogP contribution in [-0.4, -0.2) is 57.7 Å². The maximum absolute atomic E-state index is 13.3. The summed E-state index contributed by atoms with van der Waals surface area (Å²) >= 11 is 0. The van der Waals surface area contributed by atoms with Crippen molar-refractivity contribution in [2.24, 2.45) is 0 Å². The van der Waals surface area contributed by atoms with Gasteiger partial charge >= 0.3 is 0 Å². The van der Waals surface area contributed by atoms with E-state index in [1.165, 1.54) is 17.6 Å². The van der Waals surface area contributed by atoms with Gasteiger partial charge in [-0.25, -0.2) is 4.90 Å². The molecule has 0 N–H and O–H groups in total. The molecule has 0 aromatic heterocycles. The topological polar surface area (TPSA) is 77.5 Å². The standard InChI is InChI=1S/C23H26N2O6/c1-28-18-6-5-16(11-21(18)31-4)25-22(26)12-17(23(25)27)24-8-7-14-9-19(29-2)20(30-3)10-15(14)13-24/h5-6,9-11,17H,7-8,12-13H2,1-4H3/t17-/m1/s1. The van der Waals surface area contributed by atoms with Crippen LogP contribution in [0.5, 0.6) is 23.0 Å². The van der Waals surface area contributed by atoms with Crippen LogP contribution in [0.2, 0.25) is 0 Å². The van der Waals surface area contributed by atoms with Gasteiger partial charge in [-0.05, 0) is 41.8 Å². The monoisotopic (exact) mass is 426 g/mol. The molecule has 2 aromatic rings. The van der Waals surface area contributed by atoms with Crippen molar-refractivity contribution in [3.8, 4) is 23.0 Å². The summed E-state index contributed by atoms with van der Waals surface area (Å²) in [6.45, 7) is 1.26. The average molecular weight is 426 g/mol. The van der Waals surface area contributed by atoms with Gasteiger partial charge in [0.25, 0.3) is 5.91 Å². The van der Waals surface area contributed by atoms with Gasteiger partial charge in [0.2, 0.25) is 5.91 Å². The quantitative estimate of drug-likeness (QED) is 0.657. The summed E-state index contributed by atoms with van der Waals surface area (Å²) in [6, 6.07) is 8.49. The molecule has 2 aromatic carbocycles.